The van der Waals surface area contributed by atoms with Gasteiger partial charge in [0.05, 0.1) is 6.61 Å². The van der Waals surface area contributed by atoms with E-state index in [1.54, 1.807) is 6.92 Å². The van der Waals surface area contributed by atoms with Crippen LogP contribution >= 0.6 is 0 Å². The molecule has 2 rings (SSSR count). The van der Waals surface area contributed by atoms with Crippen molar-refractivity contribution in [2.24, 2.45) is 17.8 Å². The molecule has 0 saturated carbocycles. The van der Waals surface area contributed by atoms with Crippen LogP contribution in [0, 0.1) is 17.8 Å². The second-order valence-electron chi connectivity index (χ2n) is 12.1. The molecule has 0 spiro atoms. The van der Waals surface area contributed by atoms with Gasteiger partial charge < -0.3 is 30.7 Å². The molecule has 0 bridgehead atoms. The molecule has 0 saturated heterocycles. The molecular formula is C32H46N4O8. The molecule has 4 amide bonds. The van der Waals surface area contributed by atoms with E-state index in [-0.39, 0.29) is 55.2 Å². The Bertz CT molecular complexity index is 1330. The first kappa shape index (κ1) is 36.0. The highest BCUT2D eigenvalue weighted by molar-refractivity contribution is 6.00. The standard InChI is InChI=1S/C32H46N4O8/c1-8-43-28-25(26(37)27(28)38)36-31(41)23(15-19(4)5)34-29(39)22(14-18(2)3)33-30(40)24(16-20(6)7)35-32(42)44-17-21-12-10-9-11-13-21/h9-13,18-20,22-24H,8,14-17H2,1-7H3,(H,33,40)(H,34,39)(H,35,42)(H,36,41)/t22-,23-,24-/m0/s1. The molecule has 4 N–H and O–H groups in total. The van der Waals surface area contributed by atoms with Crippen molar-refractivity contribution in [1.82, 2.24) is 16.0 Å². The Morgan fingerprint density at radius 3 is 1.64 bits per heavy atom. The largest absolute Gasteiger partial charge is 0.488 e. The van der Waals surface area contributed by atoms with Gasteiger partial charge in [0, 0.05) is 0 Å². The maximum Gasteiger partial charge on any atom is 0.408 e. The Morgan fingerprint density at radius 1 is 0.682 bits per heavy atom. The number of carbonyl (C=O) groups is 4. The van der Waals surface area contributed by atoms with Gasteiger partial charge >= 0.3 is 6.09 Å². The van der Waals surface area contributed by atoms with Crippen LogP contribution in [0.3, 0.4) is 0 Å². The lowest BCUT2D eigenvalue weighted by Gasteiger charge is -2.27. The van der Waals surface area contributed by atoms with Crippen molar-refractivity contribution < 1.29 is 28.7 Å². The van der Waals surface area contributed by atoms with Crippen LogP contribution in [0.15, 0.2) is 39.9 Å². The zero-order chi connectivity index (χ0) is 33.0. The monoisotopic (exact) mass is 614 g/mol. The number of hydrogen-bond acceptors (Lipinski definition) is 8. The summed E-state index contributed by atoms with van der Waals surface area (Å²) < 4.78 is 10.5. The minimum atomic E-state index is -1.06. The molecule has 2 aromatic rings. The van der Waals surface area contributed by atoms with Gasteiger partial charge in [-0.1, -0.05) is 71.9 Å². The van der Waals surface area contributed by atoms with Crippen molar-refractivity contribution in [2.75, 3.05) is 11.9 Å². The van der Waals surface area contributed by atoms with Crippen molar-refractivity contribution in [3.63, 3.8) is 0 Å². The summed E-state index contributed by atoms with van der Waals surface area (Å²) in [4.78, 5) is 76.5. The van der Waals surface area contributed by atoms with E-state index in [9.17, 15) is 28.8 Å². The predicted octanol–water partition coefficient (Wildman–Crippen LogP) is 3.02. The topological polar surface area (TPSA) is 169 Å². The van der Waals surface area contributed by atoms with Gasteiger partial charge in [-0.3, -0.25) is 24.0 Å². The Morgan fingerprint density at radius 2 is 1.16 bits per heavy atom. The quantitative estimate of drug-likeness (QED) is 0.197. The average molecular weight is 615 g/mol. The molecule has 0 aromatic heterocycles. The molecule has 0 fully saturated rings. The SMILES string of the molecule is CCOc1c(NC(=O)[C@H](CC(C)C)NC(=O)[C@H](CC(C)C)NC(=O)[C@H](CC(C)C)NC(=O)OCc2ccccc2)c(=O)c1=O. The maximum absolute atomic E-state index is 13.5. The number of amides is 4. The van der Waals surface area contributed by atoms with E-state index < -0.39 is 52.8 Å². The molecule has 0 unspecified atom stereocenters. The van der Waals surface area contributed by atoms with E-state index in [2.05, 4.69) is 21.3 Å². The third-order valence-corrected chi connectivity index (χ3v) is 6.61. The van der Waals surface area contributed by atoms with Gasteiger partial charge in [-0.2, -0.15) is 0 Å². The molecule has 0 aliphatic rings. The summed E-state index contributed by atoms with van der Waals surface area (Å²) in [5, 5.41) is 10.5. The van der Waals surface area contributed by atoms with Gasteiger partial charge in [-0.25, -0.2) is 4.79 Å². The third-order valence-electron chi connectivity index (χ3n) is 6.61. The fourth-order valence-corrected chi connectivity index (χ4v) is 4.54. The van der Waals surface area contributed by atoms with Crippen LogP contribution in [0.25, 0.3) is 0 Å². The fraction of sp³-hybridized carbons (Fsp3) is 0.562. The molecule has 12 heteroatoms. The lowest BCUT2D eigenvalue weighted by molar-refractivity contribution is -0.132. The zero-order valence-corrected chi connectivity index (χ0v) is 26.7. The molecule has 3 atom stereocenters. The number of rotatable bonds is 17. The second-order valence-corrected chi connectivity index (χ2v) is 12.1. The molecule has 0 aliphatic heterocycles. The highest BCUT2D eigenvalue weighted by Crippen LogP contribution is 2.19. The Hall–Kier alpha value is -4.22. The summed E-state index contributed by atoms with van der Waals surface area (Å²) in [6.45, 7) is 13.1. The van der Waals surface area contributed by atoms with Crippen molar-refractivity contribution in [3.05, 3.63) is 56.3 Å². The Labute approximate surface area is 258 Å². The van der Waals surface area contributed by atoms with Crippen molar-refractivity contribution in [3.8, 4) is 5.75 Å². The summed E-state index contributed by atoms with van der Waals surface area (Å²) in [5.41, 5.74) is -1.13. The highest BCUT2D eigenvalue weighted by atomic mass is 16.5. The van der Waals surface area contributed by atoms with Gasteiger partial charge in [0.25, 0.3) is 10.9 Å². The van der Waals surface area contributed by atoms with Crippen molar-refractivity contribution in [2.45, 2.75) is 92.5 Å². The summed E-state index contributed by atoms with van der Waals surface area (Å²) in [5.74, 6) is -2.05. The smallest absolute Gasteiger partial charge is 0.408 e. The van der Waals surface area contributed by atoms with Crippen LogP contribution in [0.4, 0.5) is 10.5 Å². The second kappa shape index (κ2) is 17.2. The third kappa shape index (κ3) is 11.1. The summed E-state index contributed by atoms with van der Waals surface area (Å²) in [6.07, 6.45) is 0.0138. The first-order valence-corrected chi connectivity index (χ1v) is 15.1. The van der Waals surface area contributed by atoms with Gasteiger partial charge in [0.15, 0.2) is 5.75 Å². The summed E-state index contributed by atoms with van der Waals surface area (Å²) in [7, 11) is 0. The average Bonchev–Trinajstić information content (AvgIpc) is 2.96. The first-order valence-electron chi connectivity index (χ1n) is 15.1. The molecular weight excluding hydrogens is 568 g/mol. The van der Waals surface area contributed by atoms with E-state index >= 15 is 0 Å². The molecule has 0 heterocycles. The predicted molar refractivity (Wildman–Crippen MR) is 167 cm³/mol. The number of benzene rings is 1. The fourth-order valence-electron chi connectivity index (χ4n) is 4.54. The number of carbonyl (C=O) groups excluding carboxylic acids is 4. The lowest BCUT2D eigenvalue weighted by atomic mass is 9.98. The van der Waals surface area contributed by atoms with Crippen LogP contribution in [0.5, 0.6) is 5.75 Å². The minimum Gasteiger partial charge on any atom is -0.488 e. The van der Waals surface area contributed by atoms with E-state index in [4.69, 9.17) is 9.47 Å². The number of hydrogen-bond donors (Lipinski definition) is 4. The molecule has 2 aromatic carbocycles. The van der Waals surface area contributed by atoms with E-state index in [1.165, 1.54) is 0 Å². The first-order chi connectivity index (χ1) is 20.7. The molecule has 12 nitrogen and oxygen atoms in total. The number of anilines is 1. The summed E-state index contributed by atoms with van der Waals surface area (Å²) >= 11 is 0. The normalized spacial score (nSPS) is 13.3. The maximum atomic E-state index is 13.5. The number of alkyl carbamates (subject to hydrolysis) is 1. The Balaban J connectivity index is 2.16. The highest BCUT2D eigenvalue weighted by Gasteiger charge is 2.32. The molecule has 0 radical (unpaired) electrons. The number of nitrogens with one attached hydrogen (secondary N) is 4. The van der Waals surface area contributed by atoms with Gasteiger partial charge in [-0.05, 0) is 49.5 Å². The van der Waals surface area contributed by atoms with E-state index in [1.807, 2.05) is 71.9 Å². The minimum absolute atomic E-state index is 0.00622. The molecule has 0 aliphatic carbocycles. The zero-order valence-electron chi connectivity index (χ0n) is 26.7. The molecule has 44 heavy (non-hydrogen) atoms. The van der Waals surface area contributed by atoms with Crippen molar-refractivity contribution in [1.29, 1.82) is 0 Å². The Kier molecular flexibility index (Phi) is 14.0. The van der Waals surface area contributed by atoms with Gasteiger partial charge in [0.2, 0.25) is 17.7 Å². The van der Waals surface area contributed by atoms with Crippen molar-refractivity contribution >= 4 is 29.5 Å². The van der Waals surface area contributed by atoms with Crippen LogP contribution < -0.4 is 36.9 Å². The number of ether oxygens (including phenoxy) is 2. The van der Waals surface area contributed by atoms with E-state index in [0.29, 0.717) is 6.42 Å². The van der Waals surface area contributed by atoms with Crippen LogP contribution in [-0.4, -0.2) is 48.5 Å². The lowest BCUT2D eigenvalue weighted by Crippen LogP contribution is -2.57. The van der Waals surface area contributed by atoms with Gasteiger partial charge in [0.1, 0.15) is 30.4 Å². The molecule has 242 valence electrons. The van der Waals surface area contributed by atoms with Crippen LogP contribution in [-0.2, 0) is 25.7 Å². The van der Waals surface area contributed by atoms with E-state index in [0.717, 1.165) is 5.56 Å². The van der Waals surface area contributed by atoms with Crippen LogP contribution in [0.2, 0.25) is 0 Å². The summed E-state index contributed by atoms with van der Waals surface area (Å²) in [6, 6.07) is 6.06. The van der Waals surface area contributed by atoms with Gasteiger partial charge in [-0.15, -0.1) is 0 Å². The van der Waals surface area contributed by atoms with Crippen LogP contribution in [0.1, 0.15) is 73.3 Å².